The Morgan fingerprint density at radius 1 is 1.31 bits per heavy atom. The molecule has 0 N–H and O–H groups in total. The molecule has 1 aromatic rings. The quantitative estimate of drug-likeness (QED) is 0.785. The molecule has 0 aromatic carbocycles. The molecule has 1 rings (SSSR count). The third-order valence-corrected chi connectivity index (χ3v) is 3.25. The Balaban J connectivity index is 2.90. The molecule has 0 atom stereocenters. The van der Waals surface area contributed by atoms with Gasteiger partial charge in [-0.15, -0.1) is 0 Å². The van der Waals surface area contributed by atoms with Crippen molar-refractivity contribution in [2.75, 3.05) is 0 Å². The summed E-state index contributed by atoms with van der Waals surface area (Å²) in [5.74, 6) is 0. The minimum Gasteiger partial charge on any atom is -0.260 e. The zero-order chi connectivity index (χ0) is 9.84. The van der Waals surface area contributed by atoms with Crippen LogP contribution >= 0.6 is 15.9 Å². The van der Waals surface area contributed by atoms with E-state index in [1.165, 1.54) is 29.7 Å². The number of pyridine rings is 1. The van der Waals surface area contributed by atoms with E-state index in [4.69, 9.17) is 0 Å². The maximum atomic E-state index is 4.43. The lowest BCUT2D eigenvalue weighted by Gasteiger charge is -2.08. The Hall–Kier alpha value is -0.370. The van der Waals surface area contributed by atoms with Gasteiger partial charge in [-0.25, -0.2) is 0 Å². The molecular formula is C11H16BrN. The second-order valence-electron chi connectivity index (χ2n) is 3.41. The van der Waals surface area contributed by atoms with E-state index in [9.17, 15) is 0 Å². The Labute approximate surface area is 88.7 Å². The maximum absolute atomic E-state index is 4.43. The van der Waals surface area contributed by atoms with Crippen molar-refractivity contribution in [3.05, 3.63) is 27.5 Å². The number of halogens is 1. The zero-order valence-electron chi connectivity index (χ0n) is 8.52. The van der Waals surface area contributed by atoms with Gasteiger partial charge in [0.1, 0.15) is 0 Å². The third kappa shape index (κ3) is 2.53. The number of aromatic nitrogens is 1. The summed E-state index contributed by atoms with van der Waals surface area (Å²) in [6.45, 7) is 6.50. The van der Waals surface area contributed by atoms with Crippen molar-refractivity contribution in [2.24, 2.45) is 0 Å². The molecule has 1 heterocycles. The van der Waals surface area contributed by atoms with E-state index in [0.29, 0.717) is 0 Å². The maximum Gasteiger partial charge on any atom is 0.0436 e. The minimum atomic E-state index is 1.11. The number of nitrogens with zero attached hydrogens (tertiary/aromatic N) is 1. The van der Waals surface area contributed by atoms with Gasteiger partial charge in [-0.05, 0) is 53.7 Å². The van der Waals surface area contributed by atoms with Crippen LogP contribution < -0.4 is 0 Å². The average molecular weight is 242 g/mol. The molecule has 0 saturated carbocycles. The van der Waals surface area contributed by atoms with Crippen molar-refractivity contribution in [2.45, 2.75) is 40.0 Å². The molecule has 0 saturated heterocycles. The monoisotopic (exact) mass is 241 g/mol. The third-order valence-electron chi connectivity index (χ3n) is 2.45. The highest BCUT2D eigenvalue weighted by atomic mass is 79.9. The van der Waals surface area contributed by atoms with Gasteiger partial charge < -0.3 is 0 Å². The van der Waals surface area contributed by atoms with Gasteiger partial charge in [0.15, 0.2) is 0 Å². The number of aryl methyl sites for hydroxylation is 1. The van der Waals surface area contributed by atoms with E-state index < -0.39 is 0 Å². The molecule has 1 nitrogen and oxygen atoms in total. The molecule has 0 amide bonds. The molecule has 2 heteroatoms. The standard InChI is InChI=1S/C11H16BrN/c1-4-5-6-11-9(3)8(2)10(12)7-13-11/h7H,4-6H2,1-3H3. The molecule has 0 spiro atoms. The summed E-state index contributed by atoms with van der Waals surface area (Å²) in [7, 11) is 0. The van der Waals surface area contributed by atoms with E-state index in [1.807, 2.05) is 6.20 Å². The fourth-order valence-corrected chi connectivity index (χ4v) is 1.72. The topological polar surface area (TPSA) is 12.9 Å². The highest BCUT2D eigenvalue weighted by molar-refractivity contribution is 9.10. The van der Waals surface area contributed by atoms with Crippen LogP contribution in [0.4, 0.5) is 0 Å². The highest BCUT2D eigenvalue weighted by Gasteiger charge is 2.04. The predicted molar refractivity (Wildman–Crippen MR) is 60.0 cm³/mol. The van der Waals surface area contributed by atoms with Crippen LogP contribution in [0.1, 0.15) is 36.6 Å². The smallest absolute Gasteiger partial charge is 0.0436 e. The van der Waals surface area contributed by atoms with E-state index in [-0.39, 0.29) is 0 Å². The van der Waals surface area contributed by atoms with Crippen LogP contribution in [0, 0.1) is 13.8 Å². The molecule has 72 valence electrons. The molecule has 0 aliphatic heterocycles. The average Bonchev–Trinajstić information content (AvgIpc) is 2.13. The second-order valence-corrected chi connectivity index (χ2v) is 4.26. The normalized spacial score (nSPS) is 10.5. The van der Waals surface area contributed by atoms with Crippen LogP contribution in [-0.2, 0) is 6.42 Å². The van der Waals surface area contributed by atoms with Gasteiger partial charge >= 0.3 is 0 Å². The molecule has 0 bridgehead atoms. The van der Waals surface area contributed by atoms with Gasteiger partial charge in [0.2, 0.25) is 0 Å². The van der Waals surface area contributed by atoms with E-state index in [0.717, 1.165) is 10.9 Å². The molecule has 0 aliphatic rings. The Bertz CT molecular complexity index is 294. The van der Waals surface area contributed by atoms with Crippen molar-refractivity contribution in [1.29, 1.82) is 0 Å². The van der Waals surface area contributed by atoms with Gasteiger partial charge in [-0.3, -0.25) is 4.98 Å². The van der Waals surface area contributed by atoms with Gasteiger partial charge in [-0.2, -0.15) is 0 Å². The van der Waals surface area contributed by atoms with Crippen LogP contribution in [0.15, 0.2) is 10.7 Å². The first-order valence-electron chi connectivity index (χ1n) is 4.77. The summed E-state index contributed by atoms with van der Waals surface area (Å²) in [5.41, 5.74) is 3.91. The largest absolute Gasteiger partial charge is 0.260 e. The molecule has 13 heavy (non-hydrogen) atoms. The van der Waals surface area contributed by atoms with E-state index >= 15 is 0 Å². The first-order chi connectivity index (χ1) is 6.16. The SMILES string of the molecule is CCCCc1ncc(Br)c(C)c1C. The van der Waals surface area contributed by atoms with Gasteiger partial charge in [0, 0.05) is 16.4 Å². The summed E-state index contributed by atoms with van der Waals surface area (Å²) in [6, 6.07) is 0. The number of hydrogen-bond acceptors (Lipinski definition) is 1. The lowest BCUT2D eigenvalue weighted by molar-refractivity contribution is 0.769. The lowest BCUT2D eigenvalue weighted by Crippen LogP contribution is -1.97. The van der Waals surface area contributed by atoms with Gasteiger partial charge in [0.25, 0.3) is 0 Å². The van der Waals surface area contributed by atoms with Crippen LogP contribution in [0.2, 0.25) is 0 Å². The van der Waals surface area contributed by atoms with Crippen LogP contribution in [-0.4, -0.2) is 4.98 Å². The predicted octanol–water partition coefficient (Wildman–Crippen LogP) is 3.80. The number of rotatable bonds is 3. The number of unbranched alkanes of at least 4 members (excludes halogenated alkanes) is 1. The molecule has 0 radical (unpaired) electrons. The molecular weight excluding hydrogens is 226 g/mol. The van der Waals surface area contributed by atoms with Crippen molar-refractivity contribution >= 4 is 15.9 Å². The molecule has 0 unspecified atom stereocenters. The zero-order valence-corrected chi connectivity index (χ0v) is 10.1. The van der Waals surface area contributed by atoms with Crippen LogP contribution in [0.5, 0.6) is 0 Å². The summed E-state index contributed by atoms with van der Waals surface area (Å²) in [5, 5.41) is 0. The molecule has 0 fully saturated rings. The first-order valence-corrected chi connectivity index (χ1v) is 5.56. The van der Waals surface area contributed by atoms with Crippen LogP contribution in [0.25, 0.3) is 0 Å². The second kappa shape index (κ2) is 4.75. The molecule has 0 aliphatic carbocycles. The van der Waals surface area contributed by atoms with Crippen molar-refractivity contribution in [3.63, 3.8) is 0 Å². The number of hydrogen-bond donors (Lipinski definition) is 0. The van der Waals surface area contributed by atoms with Crippen LogP contribution in [0.3, 0.4) is 0 Å². The van der Waals surface area contributed by atoms with Crippen molar-refractivity contribution in [1.82, 2.24) is 4.98 Å². The highest BCUT2D eigenvalue weighted by Crippen LogP contribution is 2.21. The Kier molecular flexibility index (Phi) is 3.91. The lowest BCUT2D eigenvalue weighted by atomic mass is 10.1. The minimum absolute atomic E-state index is 1.11. The summed E-state index contributed by atoms with van der Waals surface area (Å²) in [6.07, 6.45) is 5.48. The van der Waals surface area contributed by atoms with E-state index in [1.54, 1.807) is 0 Å². The summed E-state index contributed by atoms with van der Waals surface area (Å²) >= 11 is 3.49. The fourth-order valence-electron chi connectivity index (χ4n) is 1.32. The fraction of sp³-hybridized carbons (Fsp3) is 0.545. The summed E-state index contributed by atoms with van der Waals surface area (Å²) in [4.78, 5) is 4.43. The van der Waals surface area contributed by atoms with Gasteiger partial charge in [0.05, 0.1) is 0 Å². The van der Waals surface area contributed by atoms with Crippen molar-refractivity contribution in [3.8, 4) is 0 Å². The van der Waals surface area contributed by atoms with Crippen molar-refractivity contribution < 1.29 is 0 Å². The Morgan fingerprint density at radius 3 is 2.62 bits per heavy atom. The molecule has 1 aromatic heterocycles. The summed E-state index contributed by atoms with van der Waals surface area (Å²) < 4.78 is 1.12. The first kappa shape index (κ1) is 10.7. The van der Waals surface area contributed by atoms with Gasteiger partial charge in [-0.1, -0.05) is 13.3 Å². The van der Waals surface area contributed by atoms with E-state index in [2.05, 4.69) is 41.7 Å². The Morgan fingerprint density at radius 2 is 2.00 bits per heavy atom.